The van der Waals surface area contributed by atoms with Crippen molar-refractivity contribution in [3.05, 3.63) is 36.0 Å². The highest BCUT2D eigenvalue weighted by Crippen LogP contribution is 2.17. The van der Waals surface area contributed by atoms with Gasteiger partial charge in [0.25, 0.3) is 0 Å². The van der Waals surface area contributed by atoms with E-state index in [9.17, 15) is 9.18 Å². The van der Waals surface area contributed by atoms with E-state index in [1.54, 1.807) is 12.1 Å². The van der Waals surface area contributed by atoms with Gasteiger partial charge in [0.1, 0.15) is 5.82 Å². The Hall–Kier alpha value is -1.99. The van der Waals surface area contributed by atoms with Crippen LogP contribution in [0.25, 0.3) is 11.4 Å². The minimum absolute atomic E-state index is 0. The molecule has 1 unspecified atom stereocenters. The molecule has 24 heavy (non-hydrogen) atoms. The highest BCUT2D eigenvalue weighted by Gasteiger charge is 2.23. The predicted octanol–water partition coefficient (Wildman–Crippen LogP) is 2.18. The number of nitrogens with zero attached hydrogens (tertiary/aromatic N) is 3. The van der Waals surface area contributed by atoms with E-state index >= 15 is 0 Å². The number of aryl methyl sites for hydroxylation is 1. The van der Waals surface area contributed by atoms with E-state index in [2.05, 4.69) is 10.1 Å². The van der Waals surface area contributed by atoms with Crippen LogP contribution >= 0.6 is 12.4 Å². The molecule has 1 fully saturated rings. The number of amides is 1. The Labute approximate surface area is 145 Å². The highest BCUT2D eigenvalue weighted by atomic mass is 35.5. The molecule has 0 bridgehead atoms. The van der Waals surface area contributed by atoms with E-state index in [0.717, 1.165) is 13.0 Å². The zero-order chi connectivity index (χ0) is 16.2. The third-order valence-electron chi connectivity index (χ3n) is 3.93. The number of benzene rings is 1. The largest absolute Gasteiger partial charge is 0.341 e. The van der Waals surface area contributed by atoms with Gasteiger partial charge in [0, 0.05) is 37.5 Å². The van der Waals surface area contributed by atoms with Crippen LogP contribution in [0.5, 0.6) is 0 Å². The van der Waals surface area contributed by atoms with Gasteiger partial charge in [-0.15, -0.1) is 12.4 Å². The van der Waals surface area contributed by atoms with Crippen molar-refractivity contribution in [3.63, 3.8) is 0 Å². The minimum Gasteiger partial charge on any atom is -0.341 e. The van der Waals surface area contributed by atoms with Crippen molar-refractivity contribution in [1.29, 1.82) is 0 Å². The van der Waals surface area contributed by atoms with E-state index in [0.29, 0.717) is 43.1 Å². The Kier molecular flexibility index (Phi) is 6.28. The molecule has 6 nitrogen and oxygen atoms in total. The van der Waals surface area contributed by atoms with Crippen molar-refractivity contribution in [1.82, 2.24) is 15.0 Å². The summed E-state index contributed by atoms with van der Waals surface area (Å²) >= 11 is 0. The number of nitrogens with two attached hydrogens (primary N) is 1. The molecule has 0 aliphatic carbocycles. The summed E-state index contributed by atoms with van der Waals surface area (Å²) in [5, 5.41) is 3.88. The number of hydrogen-bond donors (Lipinski definition) is 1. The third kappa shape index (κ3) is 4.52. The summed E-state index contributed by atoms with van der Waals surface area (Å²) in [6.45, 7) is 1.39. The maximum atomic E-state index is 12.9. The first-order valence-corrected chi connectivity index (χ1v) is 7.73. The standard InChI is InChI=1S/C16H19FN4O2.ClH/c17-12-6-4-11(5-7-12)16-19-14(23-20-16)2-1-3-15(22)21-9-8-13(18)10-21;/h4-7,13H,1-3,8-10,18H2;1H. The summed E-state index contributed by atoms with van der Waals surface area (Å²) in [6.07, 6.45) is 2.51. The molecule has 1 amide bonds. The van der Waals surface area contributed by atoms with Crippen molar-refractivity contribution in [2.24, 2.45) is 5.73 Å². The summed E-state index contributed by atoms with van der Waals surface area (Å²) in [5.74, 6) is 0.723. The maximum absolute atomic E-state index is 12.9. The normalized spacial score (nSPS) is 16.9. The van der Waals surface area contributed by atoms with Gasteiger partial charge in [-0.1, -0.05) is 5.16 Å². The predicted molar refractivity (Wildman–Crippen MR) is 89.1 cm³/mol. The van der Waals surface area contributed by atoms with Crippen molar-refractivity contribution in [3.8, 4) is 11.4 Å². The number of aromatic nitrogens is 2. The summed E-state index contributed by atoms with van der Waals surface area (Å²) in [4.78, 5) is 18.1. The van der Waals surface area contributed by atoms with Crippen LogP contribution < -0.4 is 5.73 Å². The Bertz CT molecular complexity index is 677. The van der Waals surface area contributed by atoms with Gasteiger partial charge in [0.2, 0.25) is 17.6 Å². The van der Waals surface area contributed by atoms with E-state index in [1.165, 1.54) is 12.1 Å². The zero-order valence-corrected chi connectivity index (χ0v) is 14.0. The van der Waals surface area contributed by atoms with Gasteiger partial charge < -0.3 is 15.2 Å². The zero-order valence-electron chi connectivity index (χ0n) is 13.2. The lowest BCUT2D eigenvalue weighted by atomic mass is 10.2. The molecule has 1 atom stereocenters. The van der Waals surface area contributed by atoms with Gasteiger partial charge in [-0.3, -0.25) is 4.79 Å². The Morgan fingerprint density at radius 2 is 2.12 bits per heavy atom. The first-order valence-electron chi connectivity index (χ1n) is 7.73. The monoisotopic (exact) mass is 354 g/mol. The van der Waals surface area contributed by atoms with Gasteiger partial charge in [-0.25, -0.2) is 4.39 Å². The quantitative estimate of drug-likeness (QED) is 0.889. The molecule has 1 aromatic carbocycles. The average Bonchev–Trinajstić information content (AvgIpc) is 3.17. The molecule has 130 valence electrons. The van der Waals surface area contributed by atoms with Gasteiger partial charge in [-0.2, -0.15) is 4.98 Å². The molecule has 1 aliphatic heterocycles. The summed E-state index contributed by atoms with van der Waals surface area (Å²) in [6, 6.07) is 6.01. The smallest absolute Gasteiger partial charge is 0.226 e. The number of carbonyl (C=O) groups excluding carboxylic acids is 1. The number of rotatable bonds is 5. The molecular weight excluding hydrogens is 335 g/mol. The van der Waals surface area contributed by atoms with Crippen molar-refractivity contribution in [2.75, 3.05) is 13.1 Å². The van der Waals surface area contributed by atoms with Crippen LogP contribution in [0.1, 0.15) is 25.2 Å². The number of carbonyl (C=O) groups is 1. The average molecular weight is 355 g/mol. The van der Waals surface area contributed by atoms with E-state index < -0.39 is 0 Å². The summed E-state index contributed by atoms with van der Waals surface area (Å²) in [5.41, 5.74) is 6.50. The van der Waals surface area contributed by atoms with Crippen LogP contribution in [-0.2, 0) is 11.2 Å². The van der Waals surface area contributed by atoms with Crippen molar-refractivity contribution >= 4 is 18.3 Å². The van der Waals surface area contributed by atoms with Gasteiger partial charge in [0.15, 0.2) is 0 Å². The van der Waals surface area contributed by atoms with Crippen LogP contribution in [0.3, 0.4) is 0 Å². The Morgan fingerprint density at radius 3 is 2.79 bits per heavy atom. The van der Waals surface area contributed by atoms with E-state index in [4.69, 9.17) is 10.3 Å². The molecule has 2 N–H and O–H groups in total. The second-order valence-corrected chi connectivity index (χ2v) is 5.76. The van der Waals surface area contributed by atoms with Crippen LogP contribution in [0, 0.1) is 5.82 Å². The van der Waals surface area contributed by atoms with Gasteiger partial charge in [0.05, 0.1) is 0 Å². The molecule has 1 aromatic heterocycles. The lowest BCUT2D eigenvalue weighted by molar-refractivity contribution is -0.130. The number of likely N-dealkylation sites (tertiary alicyclic amines) is 1. The SMILES string of the molecule is Cl.NC1CCN(C(=O)CCCc2nc(-c3ccc(F)cc3)no2)C1. The number of halogens is 2. The third-order valence-corrected chi connectivity index (χ3v) is 3.93. The molecule has 1 saturated heterocycles. The van der Waals surface area contributed by atoms with Gasteiger partial charge in [-0.05, 0) is 37.1 Å². The molecule has 2 aromatic rings. The van der Waals surface area contributed by atoms with Crippen LogP contribution in [0.15, 0.2) is 28.8 Å². The van der Waals surface area contributed by atoms with Crippen molar-refractivity contribution in [2.45, 2.75) is 31.7 Å². The fourth-order valence-electron chi connectivity index (χ4n) is 2.64. The molecule has 2 heterocycles. The Balaban J connectivity index is 0.00000208. The fourth-order valence-corrected chi connectivity index (χ4v) is 2.64. The lowest BCUT2D eigenvalue weighted by Gasteiger charge is -2.15. The summed E-state index contributed by atoms with van der Waals surface area (Å²) < 4.78 is 18.1. The van der Waals surface area contributed by atoms with E-state index in [-0.39, 0.29) is 30.2 Å². The Morgan fingerprint density at radius 1 is 1.38 bits per heavy atom. The molecule has 0 spiro atoms. The molecule has 1 aliphatic rings. The second kappa shape index (κ2) is 8.21. The maximum Gasteiger partial charge on any atom is 0.226 e. The van der Waals surface area contributed by atoms with Gasteiger partial charge >= 0.3 is 0 Å². The van der Waals surface area contributed by atoms with Crippen LogP contribution in [0.4, 0.5) is 4.39 Å². The molecule has 0 radical (unpaired) electrons. The molecule has 8 heteroatoms. The first-order chi connectivity index (χ1) is 11.1. The second-order valence-electron chi connectivity index (χ2n) is 5.76. The fraction of sp³-hybridized carbons (Fsp3) is 0.438. The topological polar surface area (TPSA) is 85.2 Å². The molecular formula is C16H20ClFN4O2. The molecule has 0 saturated carbocycles. The van der Waals surface area contributed by atoms with Crippen LogP contribution in [-0.4, -0.2) is 40.1 Å². The summed E-state index contributed by atoms with van der Waals surface area (Å²) in [7, 11) is 0. The first kappa shape index (κ1) is 18.4. The molecule has 3 rings (SSSR count). The van der Waals surface area contributed by atoms with Crippen LogP contribution in [0.2, 0.25) is 0 Å². The number of hydrogen-bond acceptors (Lipinski definition) is 5. The van der Waals surface area contributed by atoms with Crippen molar-refractivity contribution < 1.29 is 13.7 Å². The van der Waals surface area contributed by atoms with E-state index in [1.807, 2.05) is 4.90 Å². The highest BCUT2D eigenvalue weighted by molar-refractivity contribution is 5.85. The minimum atomic E-state index is -0.308. The lowest BCUT2D eigenvalue weighted by Crippen LogP contribution is -2.31.